The van der Waals surface area contributed by atoms with Gasteiger partial charge in [-0.3, -0.25) is 4.90 Å². The molecule has 0 aromatic heterocycles. The minimum atomic E-state index is -0.960. The van der Waals surface area contributed by atoms with Gasteiger partial charge in [0.2, 0.25) is 0 Å². The molecule has 2 unspecified atom stereocenters. The molecule has 0 radical (unpaired) electrons. The van der Waals surface area contributed by atoms with Crippen LogP contribution in [0.15, 0.2) is 36.4 Å². The van der Waals surface area contributed by atoms with E-state index in [2.05, 4.69) is 4.90 Å². The number of rotatable bonds is 5. The van der Waals surface area contributed by atoms with Gasteiger partial charge >= 0.3 is 5.97 Å². The maximum absolute atomic E-state index is 11.5. The zero-order valence-electron chi connectivity index (χ0n) is 12.8. The van der Waals surface area contributed by atoms with Crippen LogP contribution in [0, 0.1) is 0 Å². The third-order valence-corrected chi connectivity index (χ3v) is 4.58. The van der Waals surface area contributed by atoms with Crippen molar-refractivity contribution in [1.82, 2.24) is 4.90 Å². The summed E-state index contributed by atoms with van der Waals surface area (Å²) in [5, 5.41) is 11.3. The van der Waals surface area contributed by atoms with Crippen LogP contribution in [0.25, 0.3) is 10.8 Å². The average Bonchev–Trinajstić information content (AvgIpc) is 2.53. The highest BCUT2D eigenvalue weighted by molar-refractivity contribution is 5.97. The molecule has 0 aliphatic carbocycles. The molecular formula is C18H19NO4. The lowest BCUT2D eigenvalue weighted by atomic mass is 9.99. The molecule has 0 spiro atoms. The fourth-order valence-corrected chi connectivity index (χ4v) is 3.41. The maximum Gasteiger partial charge on any atom is 0.339 e. The molecule has 5 heteroatoms. The van der Waals surface area contributed by atoms with Gasteiger partial charge in [0.1, 0.15) is 17.9 Å². The Balaban J connectivity index is 1.46. The quantitative estimate of drug-likeness (QED) is 0.918. The topological polar surface area (TPSA) is 59.0 Å². The molecule has 2 aromatic carbocycles. The summed E-state index contributed by atoms with van der Waals surface area (Å²) < 4.78 is 11.4. The lowest BCUT2D eigenvalue weighted by molar-refractivity contribution is -0.181. The number of hydrogen-bond donors (Lipinski definition) is 1. The van der Waals surface area contributed by atoms with Crippen LogP contribution in [0.2, 0.25) is 0 Å². The molecule has 3 fully saturated rings. The Morgan fingerprint density at radius 1 is 1.22 bits per heavy atom. The number of carboxylic acid groups (broad SMARTS) is 1. The highest BCUT2D eigenvalue weighted by Crippen LogP contribution is 2.28. The zero-order chi connectivity index (χ0) is 15.8. The van der Waals surface area contributed by atoms with Crippen molar-refractivity contribution in [2.24, 2.45) is 0 Å². The Morgan fingerprint density at radius 2 is 1.87 bits per heavy atom. The first-order chi connectivity index (χ1) is 11.2. The van der Waals surface area contributed by atoms with Crippen molar-refractivity contribution in [3.63, 3.8) is 0 Å². The number of hydrogen-bond acceptors (Lipinski definition) is 4. The standard InChI is InChI=1S/C18H19NO4/c20-18(21)16-7-12-3-1-2-4-13(12)8-17(16)22-6-5-19-10-14-9-15(11-19)23-14/h1-4,7-8,14-15H,5-6,9-11H2,(H,20,21). The Labute approximate surface area is 134 Å². The minimum absolute atomic E-state index is 0.216. The van der Waals surface area contributed by atoms with E-state index in [1.165, 1.54) is 6.42 Å². The molecule has 1 N–H and O–H groups in total. The molecule has 3 heterocycles. The van der Waals surface area contributed by atoms with Gasteiger partial charge in [-0.15, -0.1) is 0 Å². The predicted octanol–water partition coefficient (Wildman–Crippen LogP) is 2.39. The monoisotopic (exact) mass is 313 g/mol. The summed E-state index contributed by atoms with van der Waals surface area (Å²) >= 11 is 0. The molecule has 5 rings (SSSR count). The average molecular weight is 313 g/mol. The van der Waals surface area contributed by atoms with Gasteiger partial charge in [-0.25, -0.2) is 4.79 Å². The van der Waals surface area contributed by atoms with Gasteiger partial charge < -0.3 is 14.6 Å². The Hall–Kier alpha value is -2.11. The van der Waals surface area contributed by atoms with Gasteiger partial charge in [0.05, 0.1) is 12.2 Å². The molecule has 0 saturated carbocycles. The van der Waals surface area contributed by atoms with E-state index in [0.29, 0.717) is 24.6 Å². The van der Waals surface area contributed by atoms with Gasteiger partial charge in [-0.05, 0) is 22.9 Å². The van der Waals surface area contributed by atoms with Crippen LogP contribution in [-0.2, 0) is 4.74 Å². The van der Waals surface area contributed by atoms with E-state index in [-0.39, 0.29) is 5.56 Å². The molecular weight excluding hydrogens is 294 g/mol. The van der Waals surface area contributed by atoms with E-state index in [4.69, 9.17) is 9.47 Å². The molecule has 0 amide bonds. The Bertz CT molecular complexity index is 729. The molecule has 2 bridgehead atoms. The SMILES string of the molecule is O=C(O)c1cc2ccccc2cc1OCCN1CC2CC(C1)O2. The highest BCUT2D eigenvalue weighted by Gasteiger charge is 2.37. The summed E-state index contributed by atoms with van der Waals surface area (Å²) in [5.74, 6) is -0.520. The van der Waals surface area contributed by atoms with Crippen LogP contribution in [0.4, 0.5) is 0 Å². The lowest BCUT2D eigenvalue weighted by Crippen LogP contribution is -2.57. The van der Waals surface area contributed by atoms with E-state index in [0.717, 1.165) is 30.4 Å². The zero-order valence-corrected chi connectivity index (χ0v) is 12.8. The largest absolute Gasteiger partial charge is 0.491 e. The fraction of sp³-hybridized carbons (Fsp3) is 0.389. The van der Waals surface area contributed by atoms with E-state index in [1.54, 1.807) is 6.07 Å². The second-order valence-electron chi connectivity index (χ2n) is 6.22. The molecule has 23 heavy (non-hydrogen) atoms. The summed E-state index contributed by atoms with van der Waals surface area (Å²) in [6.07, 6.45) is 1.93. The van der Waals surface area contributed by atoms with Crippen molar-refractivity contribution >= 4 is 16.7 Å². The van der Waals surface area contributed by atoms with Gasteiger partial charge in [-0.2, -0.15) is 0 Å². The van der Waals surface area contributed by atoms with Crippen molar-refractivity contribution in [2.75, 3.05) is 26.2 Å². The predicted molar refractivity (Wildman–Crippen MR) is 86.1 cm³/mol. The molecule has 2 atom stereocenters. The van der Waals surface area contributed by atoms with Crippen LogP contribution < -0.4 is 4.74 Å². The first-order valence-corrected chi connectivity index (χ1v) is 7.96. The molecule has 3 aliphatic heterocycles. The van der Waals surface area contributed by atoms with Crippen molar-refractivity contribution < 1.29 is 19.4 Å². The molecule has 3 aliphatic rings. The number of piperidine rings is 1. The van der Waals surface area contributed by atoms with Crippen LogP contribution in [0.5, 0.6) is 5.75 Å². The lowest BCUT2D eigenvalue weighted by Gasteiger charge is -2.47. The van der Waals surface area contributed by atoms with Gasteiger partial charge in [0.15, 0.2) is 0 Å². The first kappa shape index (κ1) is 14.5. The number of fused-ring (bicyclic) bond motifs is 3. The van der Waals surface area contributed by atoms with Gasteiger partial charge in [0, 0.05) is 26.1 Å². The van der Waals surface area contributed by atoms with Crippen LogP contribution in [0.1, 0.15) is 16.8 Å². The molecule has 3 saturated heterocycles. The van der Waals surface area contributed by atoms with Crippen molar-refractivity contribution in [2.45, 2.75) is 18.6 Å². The van der Waals surface area contributed by atoms with E-state index < -0.39 is 5.97 Å². The van der Waals surface area contributed by atoms with E-state index >= 15 is 0 Å². The number of ether oxygens (including phenoxy) is 2. The third-order valence-electron chi connectivity index (χ3n) is 4.58. The van der Waals surface area contributed by atoms with Crippen LogP contribution in [0.3, 0.4) is 0 Å². The number of carboxylic acids is 1. The molecule has 120 valence electrons. The summed E-state index contributed by atoms with van der Waals surface area (Å²) in [4.78, 5) is 13.8. The van der Waals surface area contributed by atoms with E-state index in [1.807, 2.05) is 30.3 Å². The van der Waals surface area contributed by atoms with E-state index in [9.17, 15) is 9.90 Å². The normalized spacial score (nSPS) is 23.5. The summed E-state index contributed by atoms with van der Waals surface area (Å²) in [5.41, 5.74) is 0.216. The number of benzene rings is 2. The maximum atomic E-state index is 11.5. The van der Waals surface area contributed by atoms with Gasteiger partial charge in [0.25, 0.3) is 0 Å². The van der Waals surface area contributed by atoms with Crippen LogP contribution >= 0.6 is 0 Å². The number of aromatic carboxylic acids is 1. The second-order valence-corrected chi connectivity index (χ2v) is 6.22. The van der Waals surface area contributed by atoms with Crippen LogP contribution in [-0.4, -0.2) is 54.4 Å². The van der Waals surface area contributed by atoms with Crippen molar-refractivity contribution in [3.05, 3.63) is 42.0 Å². The number of morpholine rings is 1. The second kappa shape index (κ2) is 5.83. The first-order valence-electron chi connectivity index (χ1n) is 7.96. The molecule has 5 nitrogen and oxygen atoms in total. The fourth-order valence-electron chi connectivity index (χ4n) is 3.41. The minimum Gasteiger partial charge on any atom is -0.491 e. The number of carbonyl (C=O) groups is 1. The summed E-state index contributed by atoms with van der Waals surface area (Å²) in [6.45, 7) is 3.17. The number of nitrogens with zero attached hydrogens (tertiary/aromatic N) is 1. The Morgan fingerprint density at radius 3 is 2.52 bits per heavy atom. The van der Waals surface area contributed by atoms with Crippen molar-refractivity contribution in [1.29, 1.82) is 0 Å². The summed E-state index contributed by atoms with van der Waals surface area (Å²) in [7, 11) is 0. The third kappa shape index (κ3) is 2.90. The smallest absolute Gasteiger partial charge is 0.339 e. The Kier molecular flexibility index (Phi) is 3.67. The summed E-state index contributed by atoms with van der Waals surface area (Å²) in [6, 6.07) is 11.2. The van der Waals surface area contributed by atoms with Crippen molar-refractivity contribution in [3.8, 4) is 5.75 Å². The highest BCUT2D eigenvalue weighted by atomic mass is 16.5. The molecule has 2 aromatic rings. The van der Waals surface area contributed by atoms with Gasteiger partial charge in [-0.1, -0.05) is 24.3 Å².